The molecule has 0 atom stereocenters. The van der Waals surface area contributed by atoms with E-state index in [0.717, 1.165) is 28.7 Å². The summed E-state index contributed by atoms with van der Waals surface area (Å²) in [6, 6.07) is 2.93. The van der Waals surface area contributed by atoms with Crippen LogP contribution in [0.5, 0.6) is 0 Å². The highest BCUT2D eigenvalue weighted by Gasteiger charge is 2.26. The highest BCUT2D eigenvalue weighted by molar-refractivity contribution is 9.10. The number of pyridine rings is 1. The van der Waals surface area contributed by atoms with Gasteiger partial charge in [0, 0.05) is 18.3 Å². The van der Waals surface area contributed by atoms with E-state index >= 15 is 0 Å². The predicted octanol–water partition coefficient (Wildman–Crippen LogP) is 2.05. The number of aryl methyl sites for hydroxylation is 1. The van der Waals surface area contributed by atoms with Gasteiger partial charge in [0.1, 0.15) is 5.82 Å². The highest BCUT2D eigenvalue weighted by atomic mass is 79.9. The Balaban J connectivity index is 2.02. The first kappa shape index (κ1) is 9.93. The average Bonchev–Trinajstić information content (AvgIpc) is 2.06. The predicted molar refractivity (Wildman–Crippen MR) is 61.3 cm³/mol. The van der Waals surface area contributed by atoms with Crippen LogP contribution in [0.4, 0.5) is 5.82 Å². The van der Waals surface area contributed by atoms with Crippen LogP contribution in [0.15, 0.2) is 16.7 Å². The van der Waals surface area contributed by atoms with Gasteiger partial charge in [-0.15, -0.1) is 0 Å². The first-order chi connectivity index (χ1) is 6.65. The first-order valence-electron chi connectivity index (χ1n) is 4.79. The minimum Gasteiger partial charge on any atom is -0.366 e. The zero-order chi connectivity index (χ0) is 10.1. The quantitative estimate of drug-likeness (QED) is 0.851. The normalized spacial score (nSPS) is 25.6. The molecule has 3 N–H and O–H groups in total. The zero-order valence-corrected chi connectivity index (χ0v) is 9.71. The van der Waals surface area contributed by atoms with E-state index in [1.807, 2.05) is 13.1 Å². The van der Waals surface area contributed by atoms with E-state index in [-0.39, 0.29) is 0 Å². The van der Waals surface area contributed by atoms with Gasteiger partial charge < -0.3 is 11.1 Å². The number of nitrogens with two attached hydrogens (primary N) is 1. The standard InChI is InChI=1S/C10H14BrN3/c1-6-2-9(11)10(13-5-6)14-8-3-7(12)4-8/h2,5,7-8H,3-4,12H2,1H3,(H,13,14). The number of halogens is 1. The Morgan fingerprint density at radius 3 is 2.86 bits per heavy atom. The van der Waals surface area contributed by atoms with E-state index in [2.05, 4.69) is 32.3 Å². The van der Waals surface area contributed by atoms with Crippen molar-refractivity contribution in [2.24, 2.45) is 5.73 Å². The second-order valence-electron chi connectivity index (χ2n) is 3.92. The van der Waals surface area contributed by atoms with Crippen LogP contribution in [0.25, 0.3) is 0 Å². The molecule has 1 aromatic rings. The number of anilines is 1. The lowest BCUT2D eigenvalue weighted by Gasteiger charge is -2.33. The van der Waals surface area contributed by atoms with Crippen LogP contribution in [0.2, 0.25) is 0 Å². The summed E-state index contributed by atoms with van der Waals surface area (Å²) in [5.41, 5.74) is 6.87. The van der Waals surface area contributed by atoms with Crippen LogP contribution in [-0.4, -0.2) is 17.1 Å². The maximum absolute atomic E-state index is 5.71. The molecule has 0 aliphatic heterocycles. The number of rotatable bonds is 2. The molecule has 0 amide bonds. The van der Waals surface area contributed by atoms with E-state index in [0.29, 0.717) is 12.1 Å². The fourth-order valence-electron chi connectivity index (χ4n) is 1.61. The third-order valence-corrected chi connectivity index (χ3v) is 3.10. The van der Waals surface area contributed by atoms with Gasteiger partial charge in [-0.25, -0.2) is 4.98 Å². The number of aromatic nitrogens is 1. The van der Waals surface area contributed by atoms with E-state index < -0.39 is 0 Å². The van der Waals surface area contributed by atoms with Crippen molar-refractivity contribution in [1.82, 2.24) is 4.98 Å². The van der Waals surface area contributed by atoms with Crippen molar-refractivity contribution >= 4 is 21.7 Å². The lowest BCUT2D eigenvalue weighted by molar-refractivity contribution is 0.373. The van der Waals surface area contributed by atoms with Gasteiger partial charge in [0.25, 0.3) is 0 Å². The molecule has 0 radical (unpaired) electrons. The number of nitrogens with one attached hydrogen (secondary N) is 1. The molecular weight excluding hydrogens is 242 g/mol. The maximum atomic E-state index is 5.71. The maximum Gasteiger partial charge on any atom is 0.140 e. The molecule has 3 nitrogen and oxygen atoms in total. The lowest BCUT2D eigenvalue weighted by Crippen LogP contribution is -2.44. The third kappa shape index (κ3) is 2.07. The summed E-state index contributed by atoms with van der Waals surface area (Å²) >= 11 is 3.49. The van der Waals surface area contributed by atoms with Gasteiger partial charge in [0.05, 0.1) is 4.47 Å². The van der Waals surface area contributed by atoms with Crippen LogP contribution < -0.4 is 11.1 Å². The van der Waals surface area contributed by atoms with Gasteiger partial charge in [0.15, 0.2) is 0 Å². The van der Waals surface area contributed by atoms with E-state index in [1.54, 1.807) is 0 Å². The van der Waals surface area contributed by atoms with Crippen molar-refractivity contribution in [3.05, 3.63) is 22.3 Å². The summed E-state index contributed by atoms with van der Waals surface area (Å²) in [5, 5.41) is 3.37. The molecule has 1 aliphatic rings. The molecule has 2 rings (SSSR count). The van der Waals surface area contributed by atoms with Gasteiger partial charge in [-0.2, -0.15) is 0 Å². The molecule has 1 fully saturated rings. The molecule has 1 heterocycles. The summed E-state index contributed by atoms with van der Waals surface area (Å²) in [4.78, 5) is 4.33. The minimum absolute atomic E-state index is 0.372. The van der Waals surface area contributed by atoms with E-state index in [4.69, 9.17) is 5.73 Å². The lowest BCUT2D eigenvalue weighted by atomic mass is 9.88. The van der Waals surface area contributed by atoms with Gasteiger partial charge >= 0.3 is 0 Å². The van der Waals surface area contributed by atoms with Gasteiger partial charge in [-0.1, -0.05) is 0 Å². The molecule has 76 valence electrons. The molecule has 4 heteroatoms. The SMILES string of the molecule is Cc1cnc(NC2CC(N)C2)c(Br)c1. The Bertz CT molecular complexity index is 334. The smallest absolute Gasteiger partial charge is 0.140 e. The van der Waals surface area contributed by atoms with Crippen molar-refractivity contribution < 1.29 is 0 Å². The third-order valence-electron chi connectivity index (χ3n) is 2.49. The molecule has 1 saturated carbocycles. The van der Waals surface area contributed by atoms with Crippen molar-refractivity contribution in [3.63, 3.8) is 0 Å². The largest absolute Gasteiger partial charge is 0.366 e. The minimum atomic E-state index is 0.372. The second kappa shape index (κ2) is 3.87. The Kier molecular flexibility index (Phi) is 2.74. The average molecular weight is 256 g/mol. The summed E-state index contributed by atoms with van der Waals surface area (Å²) in [7, 11) is 0. The van der Waals surface area contributed by atoms with E-state index in [1.165, 1.54) is 0 Å². The van der Waals surface area contributed by atoms with Gasteiger partial charge in [-0.3, -0.25) is 0 Å². The number of hydrogen-bond donors (Lipinski definition) is 2. The topological polar surface area (TPSA) is 50.9 Å². The highest BCUT2D eigenvalue weighted by Crippen LogP contribution is 2.26. The summed E-state index contributed by atoms with van der Waals surface area (Å²) in [6.07, 6.45) is 3.95. The summed E-state index contributed by atoms with van der Waals surface area (Å²) < 4.78 is 1.03. The molecule has 14 heavy (non-hydrogen) atoms. The monoisotopic (exact) mass is 255 g/mol. The fraction of sp³-hybridized carbons (Fsp3) is 0.500. The summed E-state index contributed by atoms with van der Waals surface area (Å²) in [5.74, 6) is 0.924. The van der Waals surface area contributed by atoms with E-state index in [9.17, 15) is 0 Å². The van der Waals surface area contributed by atoms with Crippen LogP contribution in [0, 0.1) is 6.92 Å². The summed E-state index contributed by atoms with van der Waals surface area (Å²) in [6.45, 7) is 2.03. The molecule has 1 aliphatic carbocycles. The van der Waals surface area contributed by atoms with Crippen LogP contribution in [0.1, 0.15) is 18.4 Å². The first-order valence-corrected chi connectivity index (χ1v) is 5.58. The molecule has 0 unspecified atom stereocenters. The van der Waals surface area contributed by atoms with Crippen molar-refractivity contribution in [3.8, 4) is 0 Å². The van der Waals surface area contributed by atoms with Crippen molar-refractivity contribution in [2.75, 3.05) is 5.32 Å². The van der Waals surface area contributed by atoms with Crippen LogP contribution in [-0.2, 0) is 0 Å². The Labute approximate surface area is 92.2 Å². The molecule has 1 aromatic heterocycles. The Morgan fingerprint density at radius 1 is 1.57 bits per heavy atom. The molecule has 0 aromatic carbocycles. The second-order valence-corrected chi connectivity index (χ2v) is 4.77. The van der Waals surface area contributed by atoms with Gasteiger partial charge in [0.2, 0.25) is 0 Å². The van der Waals surface area contributed by atoms with Crippen LogP contribution >= 0.6 is 15.9 Å². The molecule has 0 spiro atoms. The Hall–Kier alpha value is -0.610. The molecule has 0 bridgehead atoms. The fourth-order valence-corrected chi connectivity index (χ4v) is 2.19. The molecular formula is C10H14BrN3. The zero-order valence-electron chi connectivity index (χ0n) is 8.13. The number of hydrogen-bond acceptors (Lipinski definition) is 3. The Morgan fingerprint density at radius 2 is 2.29 bits per heavy atom. The number of nitrogens with zero attached hydrogens (tertiary/aromatic N) is 1. The van der Waals surface area contributed by atoms with Crippen LogP contribution in [0.3, 0.4) is 0 Å². The van der Waals surface area contributed by atoms with Crippen molar-refractivity contribution in [1.29, 1.82) is 0 Å². The molecule has 0 saturated heterocycles. The van der Waals surface area contributed by atoms with Gasteiger partial charge in [-0.05, 0) is 47.3 Å². The van der Waals surface area contributed by atoms with Crippen molar-refractivity contribution in [2.45, 2.75) is 31.8 Å².